The van der Waals surface area contributed by atoms with Crippen LogP contribution in [0.1, 0.15) is 30.9 Å². The maximum absolute atomic E-state index is 6.03. The molecule has 7 nitrogen and oxygen atoms in total. The molecular weight excluding hydrogens is 254 g/mol. The highest BCUT2D eigenvalue weighted by Gasteiger charge is 2.26. The highest BCUT2D eigenvalue weighted by molar-refractivity contribution is 5.08. The molecular formula is C13H21N7. The fraction of sp³-hybridized carbons (Fsp3) is 0.615. The number of hydrogen-bond acceptors (Lipinski definition) is 5. The Labute approximate surface area is 118 Å². The van der Waals surface area contributed by atoms with Crippen molar-refractivity contribution in [2.45, 2.75) is 39.0 Å². The van der Waals surface area contributed by atoms with Gasteiger partial charge in [0, 0.05) is 32.4 Å². The van der Waals surface area contributed by atoms with Crippen molar-refractivity contribution in [3.8, 4) is 0 Å². The molecule has 1 aliphatic heterocycles. The van der Waals surface area contributed by atoms with E-state index in [4.69, 9.17) is 5.73 Å². The van der Waals surface area contributed by atoms with Crippen LogP contribution in [-0.4, -0.2) is 42.3 Å². The summed E-state index contributed by atoms with van der Waals surface area (Å²) in [6, 6.07) is 0.189. The van der Waals surface area contributed by atoms with Crippen LogP contribution in [0.5, 0.6) is 0 Å². The third-order valence-electron chi connectivity index (χ3n) is 3.88. The molecule has 3 rings (SSSR count). The number of rotatable bonds is 5. The number of aromatic nitrogens is 5. The minimum absolute atomic E-state index is 0.189. The molecule has 0 saturated carbocycles. The predicted molar refractivity (Wildman–Crippen MR) is 74.7 cm³/mol. The zero-order valence-corrected chi connectivity index (χ0v) is 11.8. The summed E-state index contributed by atoms with van der Waals surface area (Å²) < 4.78 is 4.31. The Morgan fingerprint density at radius 3 is 3.05 bits per heavy atom. The lowest BCUT2D eigenvalue weighted by Crippen LogP contribution is -2.40. The van der Waals surface area contributed by atoms with E-state index >= 15 is 0 Å². The van der Waals surface area contributed by atoms with Crippen LogP contribution >= 0.6 is 0 Å². The van der Waals surface area contributed by atoms with E-state index in [1.807, 2.05) is 12.5 Å². The topological polar surface area (TPSA) is 77.8 Å². The van der Waals surface area contributed by atoms with Crippen molar-refractivity contribution >= 4 is 0 Å². The van der Waals surface area contributed by atoms with Crippen molar-refractivity contribution < 1.29 is 0 Å². The summed E-state index contributed by atoms with van der Waals surface area (Å²) >= 11 is 0. The van der Waals surface area contributed by atoms with Gasteiger partial charge in [0.25, 0.3) is 0 Å². The largest absolute Gasteiger partial charge is 0.333 e. The van der Waals surface area contributed by atoms with Crippen LogP contribution < -0.4 is 5.73 Å². The van der Waals surface area contributed by atoms with Gasteiger partial charge in [0.15, 0.2) is 0 Å². The first-order valence-electron chi connectivity index (χ1n) is 7.14. The summed E-state index contributed by atoms with van der Waals surface area (Å²) in [4.78, 5) is 6.65. The maximum Gasteiger partial charge on any atom is 0.147 e. The quantitative estimate of drug-likeness (QED) is 0.854. The summed E-state index contributed by atoms with van der Waals surface area (Å²) in [5, 5.41) is 8.14. The van der Waals surface area contributed by atoms with Crippen molar-refractivity contribution in [1.29, 1.82) is 0 Å². The molecule has 0 spiro atoms. The lowest BCUT2D eigenvalue weighted by molar-refractivity contribution is 0.150. The minimum Gasteiger partial charge on any atom is -0.333 e. The lowest BCUT2D eigenvalue weighted by Gasteiger charge is -2.34. The molecule has 0 aromatic carbocycles. The smallest absolute Gasteiger partial charge is 0.147 e. The second kappa shape index (κ2) is 5.72. The van der Waals surface area contributed by atoms with Crippen LogP contribution in [-0.2, 0) is 19.6 Å². The van der Waals surface area contributed by atoms with Crippen molar-refractivity contribution in [3.05, 3.63) is 30.4 Å². The standard InChI is InChI=1S/C13H21N7/c1-2-3-19-9-15-7-12(19)11(6-14)18-4-5-20-10-16-17-13(20)8-18/h7,9-11H,2-6,8,14H2,1H3. The number of aryl methyl sites for hydroxylation is 1. The van der Waals surface area contributed by atoms with Gasteiger partial charge in [-0.25, -0.2) is 4.98 Å². The van der Waals surface area contributed by atoms with Crippen LogP contribution in [0.4, 0.5) is 0 Å². The Hall–Kier alpha value is -1.73. The molecule has 0 saturated heterocycles. The molecule has 0 aliphatic carbocycles. The Balaban J connectivity index is 1.82. The number of fused-ring (bicyclic) bond motifs is 1. The minimum atomic E-state index is 0.189. The van der Waals surface area contributed by atoms with E-state index in [9.17, 15) is 0 Å². The number of nitrogens with two attached hydrogens (primary N) is 1. The van der Waals surface area contributed by atoms with E-state index in [1.54, 1.807) is 6.33 Å². The van der Waals surface area contributed by atoms with E-state index in [1.165, 1.54) is 5.69 Å². The van der Waals surface area contributed by atoms with Crippen LogP contribution in [0.2, 0.25) is 0 Å². The van der Waals surface area contributed by atoms with Crippen molar-refractivity contribution in [1.82, 2.24) is 29.2 Å². The molecule has 2 N–H and O–H groups in total. The van der Waals surface area contributed by atoms with Gasteiger partial charge in [0.2, 0.25) is 0 Å². The first-order valence-corrected chi connectivity index (χ1v) is 7.14. The zero-order valence-electron chi connectivity index (χ0n) is 11.8. The van der Waals surface area contributed by atoms with E-state index in [0.29, 0.717) is 6.54 Å². The lowest BCUT2D eigenvalue weighted by atomic mass is 10.1. The molecule has 0 bridgehead atoms. The number of hydrogen-bond donors (Lipinski definition) is 1. The summed E-state index contributed by atoms with van der Waals surface area (Å²) in [6.07, 6.45) is 6.72. The van der Waals surface area contributed by atoms with E-state index in [-0.39, 0.29) is 6.04 Å². The van der Waals surface area contributed by atoms with Gasteiger partial charge in [-0.2, -0.15) is 0 Å². The summed E-state index contributed by atoms with van der Waals surface area (Å²) in [5.41, 5.74) is 7.23. The van der Waals surface area contributed by atoms with Crippen LogP contribution in [0, 0.1) is 0 Å². The summed E-state index contributed by atoms with van der Waals surface area (Å²) in [5.74, 6) is 1.01. The molecule has 2 aromatic rings. The third-order valence-corrected chi connectivity index (χ3v) is 3.88. The van der Waals surface area contributed by atoms with Crippen molar-refractivity contribution in [2.24, 2.45) is 5.73 Å². The van der Waals surface area contributed by atoms with Crippen LogP contribution in [0.3, 0.4) is 0 Å². The van der Waals surface area contributed by atoms with Gasteiger partial charge in [-0.3, -0.25) is 4.90 Å². The molecule has 1 unspecified atom stereocenters. The molecule has 1 atom stereocenters. The molecule has 0 amide bonds. The predicted octanol–water partition coefficient (Wildman–Crippen LogP) is 0.400. The summed E-state index contributed by atoms with van der Waals surface area (Å²) in [7, 11) is 0. The Kier molecular flexibility index (Phi) is 3.79. The Morgan fingerprint density at radius 1 is 1.35 bits per heavy atom. The van der Waals surface area contributed by atoms with Gasteiger partial charge in [0.1, 0.15) is 12.2 Å². The van der Waals surface area contributed by atoms with E-state index in [2.05, 4.69) is 36.1 Å². The van der Waals surface area contributed by atoms with Crippen molar-refractivity contribution in [3.63, 3.8) is 0 Å². The van der Waals surface area contributed by atoms with Crippen LogP contribution in [0.15, 0.2) is 18.9 Å². The maximum atomic E-state index is 6.03. The molecule has 0 fully saturated rings. The molecule has 1 aliphatic rings. The molecule has 7 heteroatoms. The first kappa shape index (κ1) is 13.3. The second-order valence-electron chi connectivity index (χ2n) is 5.17. The van der Waals surface area contributed by atoms with E-state index in [0.717, 1.165) is 38.4 Å². The molecule has 3 heterocycles. The van der Waals surface area contributed by atoms with Gasteiger partial charge >= 0.3 is 0 Å². The Morgan fingerprint density at radius 2 is 2.25 bits per heavy atom. The van der Waals surface area contributed by atoms with Gasteiger partial charge in [-0.15, -0.1) is 10.2 Å². The molecule has 2 aromatic heterocycles. The SMILES string of the molecule is CCCn1cncc1C(CN)N1CCn2cnnc2C1. The van der Waals surface area contributed by atoms with Crippen LogP contribution in [0.25, 0.3) is 0 Å². The fourth-order valence-electron chi connectivity index (χ4n) is 2.84. The first-order chi connectivity index (χ1) is 9.83. The fourth-order valence-corrected chi connectivity index (χ4v) is 2.84. The van der Waals surface area contributed by atoms with Crippen molar-refractivity contribution in [2.75, 3.05) is 13.1 Å². The third kappa shape index (κ3) is 2.34. The normalized spacial score (nSPS) is 17.1. The molecule has 108 valence electrons. The zero-order chi connectivity index (χ0) is 13.9. The average molecular weight is 275 g/mol. The van der Waals surface area contributed by atoms with E-state index < -0.39 is 0 Å². The number of imidazole rings is 1. The summed E-state index contributed by atoms with van der Waals surface area (Å²) in [6.45, 7) is 6.41. The molecule has 20 heavy (non-hydrogen) atoms. The van der Waals surface area contributed by atoms with Gasteiger partial charge in [-0.05, 0) is 6.42 Å². The molecule has 0 radical (unpaired) electrons. The average Bonchev–Trinajstić information content (AvgIpc) is 3.09. The number of nitrogens with zero attached hydrogens (tertiary/aromatic N) is 6. The highest BCUT2D eigenvalue weighted by atomic mass is 15.3. The second-order valence-corrected chi connectivity index (χ2v) is 5.17. The van der Waals surface area contributed by atoms with Gasteiger partial charge in [-0.1, -0.05) is 6.92 Å². The Bertz CT molecular complexity index is 559. The van der Waals surface area contributed by atoms with Gasteiger partial charge in [0.05, 0.1) is 24.6 Å². The van der Waals surface area contributed by atoms with Gasteiger partial charge < -0.3 is 14.9 Å². The highest BCUT2D eigenvalue weighted by Crippen LogP contribution is 2.23. The monoisotopic (exact) mass is 275 g/mol.